The highest BCUT2D eigenvalue weighted by molar-refractivity contribution is 7.15. The number of rotatable bonds is 10. The van der Waals surface area contributed by atoms with E-state index in [2.05, 4.69) is 29.1 Å². The summed E-state index contributed by atoms with van der Waals surface area (Å²) in [6, 6.07) is 13.9. The number of aromatic amines is 1. The van der Waals surface area contributed by atoms with Crippen molar-refractivity contribution in [3.63, 3.8) is 0 Å². The number of H-pyrrole nitrogens is 1. The molecular formula is C30H34N5O4S+. The Balaban J connectivity index is 1.44. The topological polar surface area (TPSA) is 114 Å². The lowest BCUT2D eigenvalue weighted by Gasteiger charge is -2.26. The minimum Gasteiger partial charge on any atom is -0.298 e. The second kappa shape index (κ2) is 12.6. The van der Waals surface area contributed by atoms with Crippen LogP contribution in [-0.4, -0.2) is 26.7 Å². The molecule has 0 spiro atoms. The van der Waals surface area contributed by atoms with Gasteiger partial charge in [-0.1, -0.05) is 37.0 Å². The summed E-state index contributed by atoms with van der Waals surface area (Å²) in [5.74, 6) is 0.269. The van der Waals surface area contributed by atoms with Crippen LogP contribution in [0.5, 0.6) is 0 Å². The van der Waals surface area contributed by atoms with Crippen molar-refractivity contribution in [2.24, 2.45) is 0 Å². The SMILES string of the molecule is CCCC(=O)OOC1CCC(n2c(=O)c(Cc3ccc(-c4ccccc4C#N)s3)c(CCC)[n+]3[nH]cnc23)CC1. The summed E-state index contributed by atoms with van der Waals surface area (Å²) in [6.45, 7) is 4.03. The molecule has 4 aromatic rings. The summed E-state index contributed by atoms with van der Waals surface area (Å²) in [7, 11) is 0. The van der Waals surface area contributed by atoms with Crippen LogP contribution in [0.25, 0.3) is 16.2 Å². The van der Waals surface area contributed by atoms with Crippen molar-refractivity contribution in [2.75, 3.05) is 0 Å². The van der Waals surface area contributed by atoms with Gasteiger partial charge in [0.1, 0.15) is 11.8 Å². The standard InChI is InChI=1S/C30H33N5O4S/c1-3-7-26-25(17-23-15-16-27(40-23)24-10-6-5-9-20(24)18-31)29(37)34(30-32-19-33-35(26)30)21-11-13-22(14-12-21)38-39-28(36)8-4-2/h5-6,9-10,15-16,19,21-22H,3-4,7-8,11-14,17H2,1-2H3/p+1. The van der Waals surface area contributed by atoms with Gasteiger partial charge in [0.05, 0.1) is 23.2 Å². The quantitative estimate of drug-likeness (QED) is 0.162. The van der Waals surface area contributed by atoms with Gasteiger partial charge in [-0.3, -0.25) is 9.68 Å². The zero-order chi connectivity index (χ0) is 28.1. The van der Waals surface area contributed by atoms with Crippen LogP contribution < -0.4 is 10.1 Å². The second-order valence-electron chi connectivity index (χ2n) is 10.2. The molecule has 0 radical (unpaired) electrons. The molecule has 1 fully saturated rings. The minimum atomic E-state index is -0.348. The molecule has 0 bridgehead atoms. The number of nitrogens with zero attached hydrogens (tertiary/aromatic N) is 4. The second-order valence-corrected chi connectivity index (χ2v) is 11.4. The highest BCUT2D eigenvalue weighted by Gasteiger charge is 2.33. The molecule has 0 unspecified atom stereocenters. The Labute approximate surface area is 236 Å². The van der Waals surface area contributed by atoms with Crippen LogP contribution in [-0.2, 0) is 27.4 Å². The van der Waals surface area contributed by atoms with E-state index in [4.69, 9.17) is 9.78 Å². The number of aromatic nitrogens is 4. The van der Waals surface area contributed by atoms with E-state index < -0.39 is 0 Å². The molecule has 0 saturated heterocycles. The molecule has 1 aliphatic carbocycles. The fraction of sp³-hybridized carbons (Fsp3) is 0.433. The Morgan fingerprint density at radius 1 is 1.18 bits per heavy atom. The van der Waals surface area contributed by atoms with Crippen molar-refractivity contribution >= 4 is 23.1 Å². The summed E-state index contributed by atoms with van der Waals surface area (Å²) >= 11 is 1.61. The number of carbonyl (C=O) groups excluding carboxylic acids is 1. The third-order valence-electron chi connectivity index (χ3n) is 7.43. The van der Waals surface area contributed by atoms with E-state index in [1.165, 1.54) is 0 Å². The highest BCUT2D eigenvalue weighted by atomic mass is 32.1. The summed E-state index contributed by atoms with van der Waals surface area (Å²) < 4.78 is 3.79. The van der Waals surface area contributed by atoms with Crippen molar-refractivity contribution in [1.82, 2.24) is 14.6 Å². The van der Waals surface area contributed by atoms with Crippen molar-refractivity contribution in [3.8, 4) is 16.5 Å². The molecule has 1 N–H and O–H groups in total. The van der Waals surface area contributed by atoms with E-state index in [0.717, 1.165) is 52.3 Å². The normalized spacial score (nSPS) is 17.1. The van der Waals surface area contributed by atoms with Gasteiger partial charge in [0.15, 0.2) is 6.33 Å². The van der Waals surface area contributed by atoms with E-state index >= 15 is 0 Å². The largest absolute Gasteiger partial charge is 0.425 e. The molecule has 0 amide bonds. The van der Waals surface area contributed by atoms with Gasteiger partial charge in [0.25, 0.3) is 0 Å². The Hall–Kier alpha value is -3.81. The zero-order valence-corrected chi connectivity index (χ0v) is 23.7. The molecular weight excluding hydrogens is 526 g/mol. The lowest BCUT2D eigenvalue weighted by molar-refractivity contribution is -0.590. The van der Waals surface area contributed by atoms with E-state index in [1.54, 1.807) is 17.7 Å². The van der Waals surface area contributed by atoms with Crippen LogP contribution in [0.2, 0.25) is 0 Å². The van der Waals surface area contributed by atoms with Gasteiger partial charge >= 0.3 is 17.3 Å². The summed E-state index contributed by atoms with van der Waals surface area (Å²) in [6.07, 6.45) is 7.47. The predicted octanol–water partition coefficient (Wildman–Crippen LogP) is 5.21. The first-order chi connectivity index (χ1) is 19.5. The molecule has 1 aromatic carbocycles. The van der Waals surface area contributed by atoms with Crippen molar-refractivity contribution < 1.29 is 19.1 Å². The molecule has 10 heteroatoms. The molecule has 9 nitrogen and oxygen atoms in total. The number of aryl methyl sites for hydroxylation is 1. The summed E-state index contributed by atoms with van der Waals surface area (Å²) in [5.41, 5.74) is 3.24. The van der Waals surface area contributed by atoms with Gasteiger partial charge in [-0.2, -0.15) is 14.7 Å². The van der Waals surface area contributed by atoms with Gasteiger partial charge in [-0.05, 0) is 56.7 Å². The maximum Gasteiger partial charge on any atom is 0.425 e. The van der Waals surface area contributed by atoms with Gasteiger partial charge < -0.3 is 0 Å². The van der Waals surface area contributed by atoms with Crippen molar-refractivity contribution in [3.05, 3.63) is 74.8 Å². The average Bonchev–Trinajstić information content (AvgIpc) is 3.65. The molecule has 5 rings (SSSR count). The Morgan fingerprint density at radius 2 is 1.98 bits per heavy atom. The number of benzene rings is 1. The van der Waals surface area contributed by atoms with E-state index in [0.29, 0.717) is 43.4 Å². The molecule has 3 heterocycles. The number of carbonyl (C=O) groups is 1. The fourth-order valence-corrected chi connectivity index (χ4v) is 6.54. The number of nitrogens with one attached hydrogen (secondary N) is 1. The van der Waals surface area contributed by atoms with Gasteiger partial charge in [-0.25, -0.2) is 9.89 Å². The lowest BCUT2D eigenvalue weighted by Crippen LogP contribution is -2.43. The number of hydrogen-bond acceptors (Lipinski definition) is 7. The highest BCUT2D eigenvalue weighted by Crippen LogP contribution is 2.33. The van der Waals surface area contributed by atoms with Crippen LogP contribution in [0.4, 0.5) is 0 Å². The third-order valence-corrected chi connectivity index (χ3v) is 8.55. The minimum absolute atomic E-state index is 0.0123. The number of thiophene rings is 1. The van der Waals surface area contributed by atoms with Crippen molar-refractivity contribution in [1.29, 1.82) is 5.26 Å². The first kappa shape index (κ1) is 27.7. The average molecular weight is 561 g/mol. The number of hydrogen-bond donors (Lipinski definition) is 1. The van der Waals surface area contributed by atoms with Crippen LogP contribution in [0.3, 0.4) is 0 Å². The van der Waals surface area contributed by atoms with Crippen molar-refractivity contribution in [2.45, 2.75) is 83.8 Å². The van der Waals surface area contributed by atoms with E-state index in [9.17, 15) is 14.9 Å². The molecule has 208 valence electrons. The summed E-state index contributed by atoms with van der Waals surface area (Å²) in [5, 5.41) is 12.8. The molecule has 0 atom stereocenters. The van der Waals surface area contributed by atoms with Crippen LogP contribution >= 0.6 is 11.3 Å². The van der Waals surface area contributed by atoms with Crippen LogP contribution in [0.1, 0.15) is 86.5 Å². The van der Waals surface area contributed by atoms with Crippen LogP contribution in [0.15, 0.2) is 47.5 Å². The maximum absolute atomic E-state index is 14.2. The number of nitriles is 1. The molecule has 40 heavy (non-hydrogen) atoms. The Morgan fingerprint density at radius 3 is 2.73 bits per heavy atom. The van der Waals surface area contributed by atoms with Gasteiger partial charge in [0.2, 0.25) is 0 Å². The third kappa shape index (κ3) is 5.71. The fourth-order valence-electron chi connectivity index (χ4n) is 5.48. The molecule has 3 aromatic heterocycles. The zero-order valence-electron chi connectivity index (χ0n) is 22.9. The maximum atomic E-state index is 14.2. The van der Waals surface area contributed by atoms with Crippen LogP contribution in [0, 0.1) is 11.3 Å². The lowest BCUT2D eigenvalue weighted by atomic mass is 9.92. The number of fused-ring (bicyclic) bond motifs is 1. The Kier molecular flexibility index (Phi) is 8.72. The predicted molar refractivity (Wildman–Crippen MR) is 151 cm³/mol. The first-order valence-electron chi connectivity index (χ1n) is 14.0. The van der Waals surface area contributed by atoms with E-state index in [-0.39, 0.29) is 23.7 Å². The summed E-state index contributed by atoms with van der Waals surface area (Å²) in [4.78, 5) is 42.9. The smallest absolute Gasteiger partial charge is 0.298 e. The molecule has 1 aliphatic rings. The Bertz CT molecular complexity index is 1590. The molecule has 0 aliphatic heterocycles. The van der Waals surface area contributed by atoms with E-state index in [1.807, 2.05) is 46.3 Å². The molecule has 1 saturated carbocycles. The van der Waals surface area contributed by atoms with Gasteiger partial charge in [-0.15, -0.1) is 15.9 Å². The monoisotopic (exact) mass is 560 g/mol. The van der Waals surface area contributed by atoms with Gasteiger partial charge in [0, 0.05) is 34.6 Å². The first-order valence-corrected chi connectivity index (χ1v) is 14.8.